The van der Waals surface area contributed by atoms with Crippen molar-refractivity contribution in [2.24, 2.45) is 11.8 Å². The lowest BCUT2D eigenvalue weighted by Crippen LogP contribution is -2.37. The molecule has 0 unspecified atom stereocenters. The van der Waals surface area contributed by atoms with Crippen LogP contribution in [0.3, 0.4) is 0 Å². The Morgan fingerprint density at radius 1 is 1.24 bits per heavy atom. The maximum atomic E-state index is 12.1. The Morgan fingerprint density at radius 2 is 1.95 bits per heavy atom. The molecule has 1 heterocycles. The van der Waals surface area contributed by atoms with Crippen LogP contribution < -0.4 is 0 Å². The number of pyridine rings is 1. The molecule has 0 amide bonds. The molecule has 1 aromatic heterocycles. The third-order valence-electron chi connectivity index (χ3n) is 3.62. The molecule has 21 heavy (non-hydrogen) atoms. The minimum atomic E-state index is -0.624. The van der Waals surface area contributed by atoms with Gasteiger partial charge >= 0.3 is 11.9 Å². The fourth-order valence-corrected chi connectivity index (χ4v) is 2.83. The van der Waals surface area contributed by atoms with E-state index in [-0.39, 0.29) is 5.92 Å². The summed E-state index contributed by atoms with van der Waals surface area (Å²) < 4.78 is 10.5. The standard InChI is InChI=1S/C15H16BrNO4/c1-20-14(18)11-5-3-4-10(13(11)15(19)21-2)12-7-6-9(16)8-17-12/h3-4,6-8,10-11,13H,5H2,1-2H3/t10-,11+,13+/m0/s1. The monoisotopic (exact) mass is 353 g/mol. The minimum Gasteiger partial charge on any atom is -0.469 e. The van der Waals surface area contributed by atoms with Gasteiger partial charge in [-0.05, 0) is 34.5 Å². The van der Waals surface area contributed by atoms with E-state index in [0.29, 0.717) is 6.42 Å². The fraction of sp³-hybridized carbons (Fsp3) is 0.400. The molecule has 0 aromatic carbocycles. The largest absolute Gasteiger partial charge is 0.469 e. The summed E-state index contributed by atoms with van der Waals surface area (Å²) in [6.45, 7) is 0. The Morgan fingerprint density at radius 3 is 2.52 bits per heavy atom. The Bertz CT molecular complexity index is 555. The lowest BCUT2D eigenvalue weighted by molar-refractivity contribution is -0.158. The summed E-state index contributed by atoms with van der Waals surface area (Å²) in [6.07, 6.45) is 5.91. The summed E-state index contributed by atoms with van der Waals surface area (Å²) in [5, 5.41) is 0. The molecule has 0 aliphatic heterocycles. The van der Waals surface area contributed by atoms with Crippen molar-refractivity contribution >= 4 is 27.9 Å². The maximum absolute atomic E-state index is 12.1. The third-order valence-corrected chi connectivity index (χ3v) is 4.09. The molecule has 1 aliphatic carbocycles. The molecule has 0 bridgehead atoms. The molecule has 3 atom stereocenters. The Balaban J connectivity index is 2.39. The first-order chi connectivity index (χ1) is 10.1. The van der Waals surface area contributed by atoms with Gasteiger partial charge in [0.15, 0.2) is 0 Å². The van der Waals surface area contributed by atoms with Crippen LogP contribution in [-0.2, 0) is 19.1 Å². The molecule has 1 aliphatic rings. The van der Waals surface area contributed by atoms with E-state index in [1.165, 1.54) is 14.2 Å². The zero-order chi connectivity index (χ0) is 15.4. The highest BCUT2D eigenvalue weighted by atomic mass is 79.9. The lowest BCUT2D eigenvalue weighted by Gasteiger charge is -2.30. The van der Waals surface area contributed by atoms with Crippen LogP contribution in [-0.4, -0.2) is 31.1 Å². The number of rotatable bonds is 3. The number of aromatic nitrogens is 1. The van der Waals surface area contributed by atoms with E-state index in [1.54, 1.807) is 6.20 Å². The molecule has 0 spiro atoms. The number of nitrogens with zero attached hydrogens (tertiary/aromatic N) is 1. The number of hydrogen-bond acceptors (Lipinski definition) is 5. The first-order valence-corrected chi connectivity index (χ1v) is 7.31. The van der Waals surface area contributed by atoms with E-state index >= 15 is 0 Å². The maximum Gasteiger partial charge on any atom is 0.310 e. The fourth-order valence-electron chi connectivity index (χ4n) is 2.60. The molecule has 5 nitrogen and oxygen atoms in total. The number of hydrogen-bond donors (Lipinski definition) is 0. The molecular formula is C15H16BrNO4. The van der Waals surface area contributed by atoms with E-state index in [1.807, 2.05) is 24.3 Å². The van der Waals surface area contributed by atoms with Crippen molar-refractivity contribution in [1.82, 2.24) is 4.98 Å². The summed E-state index contributed by atoms with van der Waals surface area (Å²) >= 11 is 3.33. The SMILES string of the molecule is COC(=O)[C@H]1[C@H](C(=O)OC)CC=C[C@H]1c1ccc(Br)cn1. The van der Waals surface area contributed by atoms with Crippen molar-refractivity contribution in [1.29, 1.82) is 0 Å². The average molecular weight is 354 g/mol. The van der Waals surface area contributed by atoms with Gasteiger partial charge in [-0.15, -0.1) is 0 Å². The first-order valence-electron chi connectivity index (χ1n) is 6.52. The summed E-state index contributed by atoms with van der Waals surface area (Å²) in [6, 6.07) is 3.68. The normalized spacial score (nSPS) is 24.4. The Labute approximate surface area is 131 Å². The topological polar surface area (TPSA) is 65.5 Å². The highest BCUT2D eigenvalue weighted by molar-refractivity contribution is 9.10. The highest BCUT2D eigenvalue weighted by Gasteiger charge is 2.42. The van der Waals surface area contributed by atoms with Crippen LogP contribution in [0.2, 0.25) is 0 Å². The average Bonchev–Trinajstić information content (AvgIpc) is 2.53. The number of methoxy groups -OCH3 is 2. The van der Waals surface area contributed by atoms with Gasteiger partial charge in [-0.2, -0.15) is 0 Å². The summed E-state index contributed by atoms with van der Waals surface area (Å²) in [7, 11) is 2.64. The van der Waals surface area contributed by atoms with Crippen LogP contribution in [0.25, 0.3) is 0 Å². The molecule has 0 N–H and O–H groups in total. The quantitative estimate of drug-likeness (QED) is 0.616. The van der Waals surface area contributed by atoms with Crippen molar-refractivity contribution in [3.05, 3.63) is 40.6 Å². The van der Waals surface area contributed by atoms with E-state index in [0.717, 1.165) is 10.2 Å². The van der Waals surface area contributed by atoms with Crippen molar-refractivity contribution in [3.63, 3.8) is 0 Å². The van der Waals surface area contributed by atoms with Crippen LogP contribution in [0.5, 0.6) is 0 Å². The summed E-state index contributed by atoms with van der Waals surface area (Å²) in [4.78, 5) is 28.4. The summed E-state index contributed by atoms with van der Waals surface area (Å²) in [5.41, 5.74) is 0.721. The van der Waals surface area contributed by atoms with Crippen LogP contribution in [0, 0.1) is 11.8 Å². The molecule has 2 rings (SSSR count). The van der Waals surface area contributed by atoms with Gasteiger partial charge in [-0.1, -0.05) is 12.2 Å². The van der Waals surface area contributed by atoms with Gasteiger partial charge in [-0.3, -0.25) is 14.6 Å². The second-order valence-electron chi connectivity index (χ2n) is 4.77. The van der Waals surface area contributed by atoms with Gasteiger partial charge in [0, 0.05) is 22.3 Å². The molecule has 1 aromatic rings. The zero-order valence-corrected chi connectivity index (χ0v) is 13.4. The smallest absolute Gasteiger partial charge is 0.310 e. The van der Waals surface area contributed by atoms with Gasteiger partial charge < -0.3 is 9.47 Å². The van der Waals surface area contributed by atoms with E-state index in [4.69, 9.17) is 9.47 Å². The molecular weight excluding hydrogens is 338 g/mol. The first kappa shape index (κ1) is 15.7. The van der Waals surface area contributed by atoms with E-state index < -0.39 is 23.8 Å². The van der Waals surface area contributed by atoms with Crippen molar-refractivity contribution < 1.29 is 19.1 Å². The molecule has 6 heteroatoms. The van der Waals surface area contributed by atoms with Crippen LogP contribution in [0.15, 0.2) is 35.0 Å². The lowest BCUT2D eigenvalue weighted by atomic mass is 9.74. The Kier molecular flexibility index (Phi) is 5.12. The van der Waals surface area contributed by atoms with Crippen molar-refractivity contribution in [2.75, 3.05) is 14.2 Å². The van der Waals surface area contributed by atoms with Gasteiger partial charge in [0.2, 0.25) is 0 Å². The third kappa shape index (κ3) is 3.32. The summed E-state index contributed by atoms with van der Waals surface area (Å²) in [5.74, 6) is -2.31. The molecule has 0 saturated heterocycles. The molecule has 0 saturated carbocycles. The van der Waals surface area contributed by atoms with E-state index in [2.05, 4.69) is 20.9 Å². The second-order valence-corrected chi connectivity index (χ2v) is 5.69. The van der Waals surface area contributed by atoms with Gasteiger partial charge in [0.05, 0.1) is 26.1 Å². The van der Waals surface area contributed by atoms with Crippen molar-refractivity contribution in [2.45, 2.75) is 12.3 Å². The molecule has 112 valence electrons. The number of carbonyl (C=O) groups excluding carboxylic acids is 2. The van der Waals surface area contributed by atoms with Gasteiger partial charge in [0.1, 0.15) is 0 Å². The van der Waals surface area contributed by atoms with Crippen LogP contribution in [0.1, 0.15) is 18.0 Å². The highest BCUT2D eigenvalue weighted by Crippen LogP contribution is 2.38. The number of halogens is 1. The number of esters is 2. The number of allylic oxidation sites excluding steroid dienone is 2. The molecule has 0 radical (unpaired) electrons. The van der Waals surface area contributed by atoms with Crippen molar-refractivity contribution in [3.8, 4) is 0 Å². The zero-order valence-electron chi connectivity index (χ0n) is 11.8. The second kappa shape index (κ2) is 6.85. The molecule has 0 fully saturated rings. The van der Waals surface area contributed by atoms with Crippen LogP contribution in [0.4, 0.5) is 0 Å². The number of carbonyl (C=O) groups is 2. The number of ether oxygens (including phenoxy) is 2. The van der Waals surface area contributed by atoms with Crippen LogP contribution >= 0.6 is 15.9 Å². The predicted molar refractivity (Wildman–Crippen MR) is 79.4 cm³/mol. The van der Waals surface area contributed by atoms with Gasteiger partial charge in [-0.25, -0.2) is 0 Å². The minimum absolute atomic E-state index is 0.302. The Hall–Kier alpha value is -1.69. The van der Waals surface area contributed by atoms with Gasteiger partial charge in [0.25, 0.3) is 0 Å². The van der Waals surface area contributed by atoms with E-state index in [9.17, 15) is 9.59 Å². The predicted octanol–water partition coefficient (Wildman–Crippen LogP) is 2.47.